The molecule has 0 aromatic heterocycles. The van der Waals surface area contributed by atoms with Crippen LogP contribution in [-0.2, 0) is 4.79 Å². The zero-order valence-corrected chi connectivity index (χ0v) is 12.9. The van der Waals surface area contributed by atoms with E-state index < -0.39 is 0 Å². The predicted molar refractivity (Wildman–Crippen MR) is 78.9 cm³/mol. The van der Waals surface area contributed by atoms with Crippen LogP contribution in [0.3, 0.4) is 0 Å². The molecular formula is C16H31NO2. The van der Waals surface area contributed by atoms with Crippen molar-refractivity contribution in [1.29, 1.82) is 0 Å². The first-order valence-corrected chi connectivity index (χ1v) is 7.91. The average molecular weight is 269 g/mol. The molecule has 1 amide bonds. The second-order valence-electron chi connectivity index (χ2n) is 6.71. The first kappa shape index (κ1) is 16.5. The first-order valence-electron chi connectivity index (χ1n) is 7.91. The van der Waals surface area contributed by atoms with E-state index in [1.54, 1.807) is 0 Å². The third-order valence-electron chi connectivity index (χ3n) is 4.38. The lowest BCUT2D eigenvalue weighted by Crippen LogP contribution is -2.47. The molecule has 2 N–H and O–H groups in total. The Bertz CT molecular complexity index is 268. The van der Waals surface area contributed by atoms with Crippen LogP contribution >= 0.6 is 0 Å². The van der Waals surface area contributed by atoms with Gasteiger partial charge in [-0.1, -0.05) is 26.2 Å². The quantitative estimate of drug-likeness (QED) is 0.745. The van der Waals surface area contributed by atoms with E-state index in [-0.39, 0.29) is 24.0 Å². The maximum Gasteiger partial charge on any atom is 0.223 e. The summed E-state index contributed by atoms with van der Waals surface area (Å²) in [6.07, 6.45) is 9.04. The molecule has 0 heterocycles. The highest BCUT2D eigenvalue weighted by Crippen LogP contribution is 2.32. The highest BCUT2D eigenvalue weighted by atomic mass is 16.3. The third-order valence-corrected chi connectivity index (χ3v) is 4.38. The third kappa shape index (κ3) is 5.94. The maximum atomic E-state index is 12.2. The lowest BCUT2D eigenvalue weighted by molar-refractivity contribution is -0.128. The Morgan fingerprint density at radius 1 is 1.26 bits per heavy atom. The molecule has 0 saturated heterocycles. The number of hydrogen-bond donors (Lipinski definition) is 2. The summed E-state index contributed by atoms with van der Waals surface area (Å²) in [5.74, 6) is 1.22. The van der Waals surface area contributed by atoms with Crippen molar-refractivity contribution in [1.82, 2.24) is 5.32 Å². The molecule has 3 heteroatoms. The topological polar surface area (TPSA) is 49.3 Å². The molecule has 1 aliphatic rings. The van der Waals surface area contributed by atoms with Crippen LogP contribution in [0.25, 0.3) is 0 Å². The van der Waals surface area contributed by atoms with E-state index in [0.29, 0.717) is 6.42 Å². The average Bonchev–Trinajstić information content (AvgIpc) is 2.36. The molecule has 0 aromatic carbocycles. The van der Waals surface area contributed by atoms with Gasteiger partial charge in [-0.15, -0.1) is 0 Å². The van der Waals surface area contributed by atoms with Crippen LogP contribution < -0.4 is 5.32 Å². The second kappa shape index (κ2) is 7.88. The molecule has 3 nitrogen and oxygen atoms in total. The summed E-state index contributed by atoms with van der Waals surface area (Å²) >= 11 is 0. The summed E-state index contributed by atoms with van der Waals surface area (Å²) in [4.78, 5) is 12.2. The fraction of sp³-hybridized carbons (Fsp3) is 0.938. The van der Waals surface area contributed by atoms with Gasteiger partial charge >= 0.3 is 0 Å². The number of carbonyl (C=O) groups excluding carboxylic acids is 1. The fourth-order valence-corrected chi connectivity index (χ4v) is 2.98. The number of nitrogens with one attached hydrogen (secondary N) is 1. The van der Waals surface area contributed by atoms with Crippen molar-refractivity contribution in [2.75, 3.05) is 6.61 Å². The van der Waals surface area contributed by atoms with Crippen molar-refractivity contribution in [3.05, 3.63) is 0 Å². The fourth-order valence-electron chi connectivity index (χ4n) is 2.98. The molecule has 0 unspecified atom stereocenters. The zero-order chi connectivity index (χ0) is 14.3. The molecular weight excluding hydrogens is 238 g/mol. The smallest absolute Gasteiger partial charge is 0.223 e. The van der Waals surface area contributed by atoms with Crippen molar-refractivity contribution in [3.63, 3.8) is 0 Å². The maximum absolute atomic E-state index is 12.2. The van der Waals surface area contributed by atoms with Crippen molar-refractivity contribution < 1.29 is 9.90 Å². The molecule has 0 radical (unpaired) electrons. The molecule has 1 fully saturated rings. The van der Waals surface area contributed by atoms with E-state index in [0.717, 1.165) is 18.8 Å². The Morgan fingerprint density at radius 2 is 1.89 bits per heavy atom. The lowest BCUT2D eigenvalue weighted by Gasteiger charge is -2.32. The van der Waals surface area contributed by atoms with E-state index in [2.05, 4.69) is 12.2 Å². The summed E-state index contributed by atoms with van der Waals surface area (Å²) in [7, 11) is 0. The minimum atomic E-state index is -0.287. The molecule has 19 heavy (non-hydrogen) atoms. The number of carbonyl (C=O) groups is 1. The van der Waals surface area contributed by atoms with Gasteiger partial charge in [0.25, 0.3) is 0 Å². The van der Waals surface area contributed by atoms with Gasteiger partial charge in [0, 0.05) is 18.1 Å². The van der Waals surface area contributed by atoms with Gasteiger partial charge in [-0.05, 0) is 51.9 Å². The van der Waals surface area contributed by atoms with Gasteiger partial charge in [-0.3, -0.25) is 4.79 Å². The van der Waals surface area contributed by atoms with Gasteiger partial charge in [-0.25, -0.2) is 0 Å². The van der Waals surface area contributed by atoms with E-state index >= 15 is 0 Å². The van der Waals surface area contributed by atoms with Crippen LogP contribution in [0.15, 0.2) is 0 Å². The largest absolute Gasteiger partial charge is 0.396 e. The number of aliphatic hydroxyl groups excluding tert-OH is 1. The van der Waals surface area contributed by atoms with Crippen LogP contribution in [-0.4, -0.2) is 23.2 Å². The lowest BCUT2D eigenvalue weighted by atomic mass is 9.79. The normalized spacial score (nSPS) is 24.2. The van der Waals surface area contributed by atoms with Crippen molar-refractivity contribution in [2.24, 2.45) is 11.8 Å². The van der Waals surface area contributed by atoms with Crippen LogP contribution in [0, 0.1) is 11.8 Å². The molecule has 0 atom stereocenters. The predicted octanol–water partition coefficient (Wildman–Crippen LogP) is 3.26. The number of unbranched alkanes of at least 4 members (excludes halogenated alkanes) is 1. The highest BCUT2D eigenvalue weighted by molar-refractivity contribution is 5.79. The van der Waals surface area contributed by atoms with Crippen LogP contribution in [0.4, 0.5) is 0 Å². The minimum Gasteiger partial charge on any atom is -0.396 e. The Hall–Kier alpha value is -0.570. The van der Waals surface area contributed by atoms with Crippen molar-refractivity contribution in [2.45, 2.75) is 77.7 Å². The van der Waals surface area contributed by atoms with Crippen LogP contribution in [0.5, 0.6) is 0 Å². The number of hydrogen-bond acceptors (Lipinski definition) is 2. The van der Waals surface area contributed by atoms with E-state index in [4.69, 9.17) is 5.11 Å². The van der Waals surface area contributed by atoms with Crippen molar-refractivity contribution >= 4 is 5.91 Å². The van der Waals surface area contributed by atoms with Gasteiger partial charge < -0.3 is 10.4 Å². The van der Waals surface area contributed by atoms with Crippen LogP contribution in [0.1, 0.15) is 72.1 Å². The summed E-state index contributed by atoms with van der Waals surface area (Å²) in [5, 5.41) is 12.1. The molecule has 0 bridgehead atoms. The number of rotatable bonds is 7. The standard InChI is InChI=1S/C16H31NO2/c1-4-5-6-13-7-9-14(10-8-13)15(19)17-16(2,3)11-12-18/h13-14,18H,4-12H2,1-3H3,(H,17,19). The molecule has 112 valence electrons. The van der Waals surface area contributed by atoms with Crippen LogP contribution in [0.2, 0.25) is 0 Å². The molecule has 1 saturated carbocycles. The Kier molecular flexibility index (Phi) is 6.84. The van der Waals surface area contributed by atoms with Crippen molar-refractivity contribution in [3.8, 4) is 0 Å². The molecule has 1 rings (SSSR count). The summed E-state index contributed by atoms with van der Waals surface area (Å²) in [6, 6.07) is 0. The Labute approximate surface area is 118 Å². The molecule has 0 aliphatic heterocycles. The summed E-state index contributed by atoms with van der Waals surface area (Å²) in [6.45, 7) is 6.32. The minimum absolute atomic E-state index is 0.122. The number of amides is 1. The van der Waals surface area contributed by atoms with E-state index in [1.165, 1.54) is 32.1 Å². The SMILES string of the molecule is CCCCC1CCC(C(=O)NC(C)(C)CCO)CC1. The zero-order valence-electron chi connectivity index (χ0n) is 12.9. The Balaban J connectivity index is 2.32. The summed E-state index contributed by atoms with van der Waals surface area (Å²) < 4.78 is 0. The van der Waals surface area contributed by atoms with Gasteiger partial charge in [0.2, 0.25) is 5.91 Å². The molecule has 0 aromatic rings. The first-order chi connectivity index (χ1) is 8.98. The van der Waals surface area contributed by atoms with Gasteiger partial charge in [0.05, 0.1) is 0 Å². The highest BCUT2D eigenvalue weighted by Gasteiger charge is 2.29. The summed E-state index contributed by atoms with van der Waals surface area (Å²) in [5.41, 5.74) is -0.287. The molecule has 0 spiro atoms. The van der Waals surface area contributed by atoms with Gasteiger partial charge in [-0.2, -0.15) is 0 Å². The van der Waals surface area contributed by atoms with Gasteiger partial charge in [0.1, 0.15) is 0 Å². The van der Waals surface area contributed by atoms with Gasteiger partial charge in [0.15, 0.2) is 0 Å². The van der Waals surface area contributed by atoms with E-state index in [1.807, 2.05) is 13.8 Å². The molecule has 1 aliphatic carbocycles. The second-order valence-corrected chi connectivity index (χ2v) is 6.71. The van der Waals surface area contributed by atoms with E-state index in [9.17, 15) is 4.79 Å². The number of aliphatic hydroxyl groups is 1. The monoisotopic (exact) mass is 269 g/mol. The Morgan fingerprint density at radius 3 is 2.42 bits per heavy atom.